The zero-order chi connectivity index (χ0) is 102. The molecule has 0 saturated heterocycles. The predicted molar refractivity (Wildman–Crippen MR) is 563 cm³/mol. The van der Waals surface area contributed by atoms with Gasteiger partial charge in [0.25, 0.3) is 0 Å². The van der Waals surface area contributed by atoms with Crippen molar-refractivity contribution in [2.45, 2.75) is 214 Å². The SMILES string of the molecule is [2H]C(C)(C)N1c2cccnc2N(c2c(C)ccc3c2oc2nc(C)ccc23)C1C.[2H]C(C)(C)N1c2cccnc2N(c2c(C)ccc3c2oc2nc(C)ccc23)C1C.[2H]C(C)(C)N1c2ncccc2N(c2c(C)ccc3c2oc2nc(C)ccc23)C1C.[2H]C(C)(C)N1c2ncccc2N(c2c(C)ccc3c2oc2nc(C)ccc23)C1C.[2H]C([2H])([2H])N1c2ncccc2N(c2c(C)ccc3c2oc2nc(C)ccc23)C1C. The van der Waals surface area contributed by atoms with Crippen molar-refractivity contribution in [1.29, 1.82) is 0 Å². The minimum absolute atomic E-state index is 0.0837. The van der Waals surface area contributed by atoms with Gasteiger partial charge < -0.3 is 71.1 Å². The molecule has 25 heteroatoms. The standard InChI is InChI=1S/4C23H24N4O.C21H20N4O/c2*1-13(2)26-16(5)27(19-7-6-12-24-22(19)26)20-14(3)8-10-17-18-11-9-15(4)25-23(18)28-21(17)20;2*1-13(2)26-16(5)27(22-19(26)7-6-12-24-22)20-14(3)8-10-17-18-11-9-15(4)25-23(18)28-21(17)20;1-12-7-9-15-16-10-8-13(2)23-21(16)26-19(15)18(12)25-14(3)24(4)20-17(25)6-5-11-22-20/h4*6-13,16H,1-5H3;5-11,14H,1-4H3/i4*13D;4D3. The van der Waals surface area contributed by atoms with Crippen LogP contribution in [0.3, 0.4) is 0 Å². The van der Waals surface area contributed by atoms with Crippen molar-refractivity contribution < 1.29 is 31.7 Å². The lowest BCUT2D eigenvalue weighted by atomic mass is 10.1. The minimum Gasteiger partial charge on any atom is -0.435 e. The van der Waals surface area contributed by atoms with Crippen LogP contribution in [0.2, 0.25) is 0 Å². The Kier molecular flexibility index (Phi) is 20.2. The monoisotopic (exact) mass is 1840 g/mol. The van der Waals surface area contributed by atoms with Crippen molar-refractivity contribution in [3.05, 3.63) is 269 Å². The summed E-state index contributed by atoms with van der Waals surface area (Å²) in [4.78, 5) is 66.4. The Hall–Kier alpha value is -15.4. The number of hydrogen-bond donors (Lipinski definition) is 0. The van der Waals surface area contributed by atoms with Crippen molar-refractivity contribution in [2.75, 3.05) is 56.0 Å². The van der Waals surface area contributed by atoms with Crippen LogP contribution in [0, 0.1) is 69.2 Å². The number of rotatable bonds is 9. The van der Waals surface area contributed by atoms with Gasteiger partial charge in [-0.1, -0.05) is 60.7 Å². The van der Waals surface area contributed by atoms with Gasteiger partial charge in [-0.15, -0.1) is 0 Å². The molecule has 25 nitrogen and oxygen atoms in total. The maximum absolute atomic E-state index is 8.71. The lowest BCUT2D eigenvalue weighted by Crippen LogP contribution is -2.42. The Morgan fingerprint density at radius 2 is 0.464 bits per heavy atom. The Balaban J connectivity index is 0.000000107. The second kappa shape index (κ2) is 34.4. The summed E-state index contributed by atoms with van der Waals surface area (Å²) in [6.45, 7) is 43.4. The molecule has 5 aliphatic rings. The van der Waals surface area contributed by atoms with E-state index in [1.807, 2.05) is 216 Å². The molecule has 0 N–H and O–H groups in total. The molecule has 5 aromatic carbocycles. The molecule has 0 bridgehead atoms. The van der Waals surface area contributed by atoms with Crippen LogP contribution in [-0.2, 0) is 0 Å². The van der Waals surface area contributed by atoms with Gasteiger partial charge in [-0.3, -0.25) is 0 Å². The van der Waals surface area contributed by atoms with Crippen molar-refractivity contribution >= 4 is 196 Å². The fraction of sp³-hybridized carbons (Fsp3) is 0.292. The highest BCUT2D eigenvalue weighted by Gasteiger charge is 2.45. The van der Waals surface area contributed by atoms with Gasteiger partial charge in [-0.05, 0) is 308 Å². The average Bonchev–Trinajstić information content (AvgIpc) is 1.58. The van der Waals surface area contributed by atoms with Crippen molar-refractivity contribution in [3.63, 3.8) is 0 Å². The first-order chi connectivity index (χ1) is 68.8. The quantitative estimate of drug-likeness (QED) is 0.131. The molecule has 5 atom stereocenters. The minimum atomic E-state index is -2.31. The van der Waals surface area contributed by atoms with E-state index in [9.17, 15) is 0 Å². The van der Waals surface area contributed by atoms with E-state index < -0.39 is 37.2 Å². The molecule has 25 rings (SSSR count). The first kappa shape index (κ1) is 81.0. The van der Waals surface area contributed by atoms with E-state index in [0.717, 1.165) is 213 Å². The van der Waals surface area contributed by atoms with E-state index in [1.54, 1.807) is 31.0 Å². The molecule has 0 amide bonds. The number of hydrogen-bond acceptors (Lipinski definition) is 25. The van der Waals surface area contributed by atoms with Gasteiger partial charge in [0.1, 0.15) is 30.8 Å². The van der Waals surface area contributed by atoms with Crippen LogP contribution in [0.4, 0.5) is 86.0 Å². The van der Waals surface area contributed by atoms with E-state index in [0.29, 0.717) is 40.0 Å². The van der Waals surface area contributed by atoms with E-state index in [4.69, 9.17) is 41.6 Å². The van der Waals surface area contributed by atoms with Crippen molar-refractivity contribution in [3.8, 4) is 0 Å². The van der Waals surface area contributed by atoms with Gasteiger partial charge >= 0.3 is 0 Å². The summed E-state index contributed by atoms with van der Waals surface area (Å²) in [5.74, 6) is 3.78. The van der Waals surface area contributed by atoms with Crippen LogP contribution in [0.25, 0.3) is 110 Å². The molecule has 20 heterocycles. The number of anilines is 15. The maximum atomic E-state index is 8.71. The summed E-state index contributed by atoms with van der Waals surface area (Å²) in [7, 11) is 0. The van der Waals surface area contributed by atoms with Gasteiger partial charge in [-0.25, -0.2) is 49.8 Å². The lowest BCUT2D eigenvalue weighted by Gasteiger charge is -2.33. The smallest absolute Gasteiger partial charge is 0.227 e. The number of benzene rings is 5. The molecular weight excluding hydrogens is 1720 g/mol. The Morgan fingerprint density at radius 1 is 0.246 bits per heavy atom. The highest BCUT2D eigenvalue weighted by Crippen LogP contribution is 2.55. The number of furan rings is 5. The molecule has 5 aliphatic heterocycles. The molecule has 5 unspecified atom stereocenters. The summed E-state index contributed by atoms with van der Waals surface area (Å²) in [6.07, 6.45) is 8.01. The lowest BCUT2D eigenvalue weighted by molar-refractivity contribution is 0.597. The molecule has 698 valence electrons. The molecule has 0 fully saturated rings. The largest absolute Gasteiger partial charge is 0.435 e. The van der Waals surface area contributed by atoms with Gasteiger partial charge in [0.05, 0.1) is 62.4 Å². The first-order valence-electron chi connectivity index (χ1n) is 50.5. The fourth-order valence-corrected chi connectivity index (χ4v) is 21.2. The highest BCUT2D eigenvalue weighted by atomic mass is 16.4. The fourth-order valence-electron chi connectivity index (χ4n) is 21.2. The summed E-state index contributed by atoms with van der Waals surface area (Å²) in [5, 5.41) is 10.1. The van der Waals surface area contributed by atoms with Crippen LogP contribution < -0.4 is 49.0 Å². The van der Waals surface area contributed by atoms with Crippen molar-refractivity contribution in [1.82, 2.24) is 49.8 Å². The van der Waals surface area contributed by atoms with Gasteiger partial charge in [0.2, 0.25) is 28.6 Å². The molecule has 138 heavy (non-hydrogen) atoms. The highest BCUT2D eigenvalue weighted by molar-refractivity contribution is 6.15. The van der Waals surface area contributed by atoms with E-state index in [2.05, 4.69) is 210 Å². The molecule has 0 spiro atoms. The first-order valence-corrected chi connectivity index (χ1v) is 47.0. The topological polar surface area (TPSA) is 227 Å². The van der Waals surface area contributed by atoms with E-state index in [-0.39, 0.29) is 24.7 Å². The second-order valence-corrected chi connectivity index (χ2v) is 37.5. The number of aryl methyl sites for hydroxylation is 10. The molecule has 15 aromatic heterocycles. The summed E-state index contributed by atoms with van der Waals surface area (Å²) in [6, 6.07) is 57.7. The van der Waals surface area contributed by atoms with Gasteiger partial charge in [0.15, 0.2) is 57.0 Å². The van der Waals surface area contributed by atoms with Gasteiger partial charge in [-0.2, -0.15) is 0 Å². The third kappa shape index (κ3) is 14.4. The van der Waals surface area contributed by atoms with Crippen LogP contribution in [0.1, 0.15) is 156 Å². The Labute approximate surface area is 812 Å². The molecule has 0 radical (unpaired) electrons. The third-order valence-corrected chi connectivity index (χ3v) is 27.2. The van der Waals surface area contributed by atoms with Crippen molar-refractivity contribution in [2.24, 2.45) is 0 Å². The number of aromatic nitrogens is 10. The number of nitrogens with zero attached hydrogens (tertiary/aromatic N) is 20. The van der Waals surface area contributed by atoms with Crippen LogP contribution >= 0.6 is 0 Å². The van der Waals surface area contributed by atoms with Crippen LogP contribution in [-0.4, -0.2) is 112 Å². The zero-order valence-corrected chi connectivity index (χ0v) is 82.1. The number of pyridine rings is 10. The summed E-state index contributed by atoms with van der Waals surface area (Å²) < 4.78 is 90.3. The second-order valence-electron chi connectivity index (χ2n) is 37.5. The normalized spacial score (nSPS) is 17.7. The zero-order valence-electron chi connectivity index (χ0n) is 89.1. The predicted octanol–water partition coefficient (Wildman–Crippen LogP) is 27.7. The molecule has 20 aromatic rings. The Morgan fingerprint density at radius 3 is 0.725 bits per heavy atom. The van der Waals surface area contributed by atoms with Crippen LogP contribution in [0.15, 0.2) is 235 Å². The summed E-state index contributed by atoms with van der Waals surface area (Å²) >= 11 is 0. The number of fused-ring (bicyclic) bond motifs is 20. The Bertz CT molecular complexity index is 7440. The third-order valence-electron chi connectivity index (χ3n) is 27.2. The van der Waals surface area contributed by atoms with Crippen LogP contribution in [0.5, 0.6) is 0 Å². The summed E-state index contributed by atoms with van der Waals surface area (Å²) in [5.41, 5.74) is 26.6. The van der Waals surface area contributed by atoms with Gasteiger partial charge in [0, 0.05) is 148 Å². The molecule has 0 aliphatic carbocycles. The maximum Gasteiger partial charge on any atom is 0.227 e. The van der Waals surface area contributed by atoms with E-state index in [1.165, 1.54) is 4.90 Å². The average molecular weight is 1840 g/mol. The van der Waals surface area contributed by atoms with E-state index >= 15 is 0 Å². The molecule has 0 saturated carbocycles. The molecular formula is C113H116N20O5.